The third-order valence-electron chi connectivity index (χ3n) is 2.74. The summed E-state index contributed by atoms with van der Waals surface area (Å²) in [4.78, 5) is 0. The molecule has 0 radical (unpaired) electrons. The minimum Gasteiger partial charge on any atom is -0.380 e. The molecule has 1 rings (SSSR count). The van der Waals surface area contributed by atoms with Crippen LogP contribution in [0.2, 0.25) is 0 Å². The lowest BCUT2D eigenvalue weighted by atomic mass is 9.92. The van der Waals surface area contributed by atoms with E-state index in [1.165, 1.54) is 0 Å². The summed E-state index contributed by atoms with van der Waals surface area (Å²) in [5.41, 5.74) is -2.77. The van der Waals surface area contributed by atoms with Gasteiger partial charge in [0.15, 0.2) is 5.60 Å². The lowest BCUT2D eigenvalue weighted by molar-refractivity contribution is -0.270. The molecule has 5 nitrogen and oxygen atoms in total. The van der Waals surface area contributed by atoms with Gasteiger partial charge in [-0.2, -0.15) is 25.9 Å². The molecule has 0 amide bonds. The first kappa shape index (κ1) is 14.7. The van der Waals surface area contributed by atoms with Crippen LogP contribution in [0.4, 0.5) is 13.2 Å². The monoisotopic (exact) mass is 276 g/mol. The van der Waals surface area contributed by atoms with Crippen molar-refractivity contribution in [3.63, 3.8) is 0 Å². The van der Waals surface area contributed by atoms with Gasteiger partial charge >= 0.3 is 6.18 Å². The molecule has 1 heterocycles. The molecule has 0 aromatic heterocycles. The Labute approximate surface area is 97.8 Å². The average Bonchev–Trinajstić information content (AvgIpc) is 2.16. The molecule has 0 spiro atoms. The van der Waals surface area contributed by atoms with E-state index in [-0.39, 0.29) is 19.6 Å². The number of hydrogen-bond donors (Lipinski definition) is 2. The highest BCUT2D eigenvalue weighted by Crippen LogP contribution is 2.38. The maximum atomic E-state index is 12.5. The second-order valence-corrected chi connectivity index (χ2v) is 5.69. The third kappa shape index (κ3) is 3.09. The molecule has 0 saturated carbocycles. The fourth-order valence-electron chi connectivity index (χ4n) is 1.65. The van der Waals surface area contributed by atoms with Crippen LogP contribution < -0.4 is 4.72 Å². The van der Waals surface area contributed by atoms with Gasteiger partial charge in [0.2, 0.25) is 0 Å². The minimum absolute atomic E-state index is 0.169. The van der Waals surface area contributed by atoms with Crippen molar-refractivity contribution in [3.05, 3.63) is 0 Å². The highest BCUT2D eigenvalue weighted by molar-refractivity contribution is 7.87. The molecule has 1 aliphatic rings. The Bertz CT molecular complexity index is 361. The summed E-state index contributed by atoms with van der Waals surface area (Å²) >= 11 is 0. The molecule has 0 bridgehead atoms. The Morgan fingerprint density at radius 2 is 1.82 bits per heavy atom. The van der Waals surface area contributed by atoms with E-state index in [2.05, 4.69) is 4.72 Å². The molecule has 0 aromatic carbocycles. The molecule has 102 valence electrons. The smallest absolute Gasteiger partial charge is 0.380 e. The molecule has 0 unspecified atom stereocenters. The van der Waals surface area contributed by atoms with Crippen LogP contribution in [0.25, 0.3) is 0 Å². The van der Waals surface area contributed by atoms with E-state index in [4.69, 9.17) is 0 Å². The van der Waals surface area contributed by atoms with E-state index < -0.39 is 34.8 Å². The molecule has 17 heavy (non-hydrogen) atoms. The summed E-state index contributed by atoms with van der Waals surface area (Å²) in [6.45, 7) is 1.06. The van der Waals surface area contributed by atoms with Crippen molar-refractivity contribution < 1.29 is 26.7 Å². The maximum absolute atomic E-state index is 12.5. The standard InChI is InChI=1S/C8H15F3N2O3S/c1-2-12-17(15,16)13-5-3-7(14,4-6-13)8(9,10)11/h12,14H,2-6H2,1H3. The number of piperidine rings is 1. The zero-order chi connectivity index (χ0) is 13.3. The maximum Gasteiger partial charge on any atom is 0.417 e. The normalized spacial score (nSPS) is 22.6. The zero-order valence-electron chi connectivity index (χ0n) is 9.29. The fraction of sp³-hybridized carbons (Fsp3) is 1.00. The molecule has 0 aromatic rings. The molecule has 1 saturated heterocycles. The van der Waals surface area contributed by atoms with E-state index in [9.17, 15) is 26.7 Å². The van der Waals surface area contributed by atoms with Crippen LogP contribution in [0.1, 0.15) is 19.8 Å². The van der Waals surface area contributed by atoms with Crippen LogP contribution in [0.15, 0.2) is 0 Å². The predicted octanol–water partition coefficient (Wildman–Crippen LogP) is 0.230. The van der Waals surface area contributed by atoms with Crippen molar-refractivity contribution in [2.45, 2.75) is 31.5 Å². The fourth-order valence-corrected chi connectivity index (χ4v) is 2.86. The number of aliphatic hydroxyl groups is 1. The van der Waals surface area contributed by atoms with Crippen molar-refractivity contribution in [3.8, 4) is 0 Å². The van der Waals surface area contributed by atoms with Crippen molar-refractivity contribution in [2.24, 2.45) is 0 Å². The van der Waals surface area contributed by atoms with Crippen LogP contribution in [-0.2, 0) is 10.2 Å². The predicted molar refractivity (Wildman–Crippen MR) is 54.4 cm³/mol. The number of nitrogens with one attached hydrogen (secondary N) is 1. The Hall–Kier alpha value is -0.380. The number of halogens is 3. The van der Waals surface area contributed by atoms with Crippen LogP contribution in [0.5, 0.6) is 0 Å². The van der Waals surface area contributed by atoms with E-state index in [0.717, 1.165) is 4.31 Å². The molecule has 9 heteroatoms. The quantitative estimate of drug-likeness (QED) is 0.775. The van der Waals surface area contributed by atoms with E-state index in [1.807, 2.05) is 0 Å². The van der Waals surface area contributed by atoms with Gasteiger partial charge in [-0.25, -0.2) is 4.72 Å². The van der Waals surface area contributed by atoms with Gasteiger partial charge in [-0.05, 0) is 12.8 Å². The van der Waals surface area contributed by atoms with Gasteiger partial charge < -0.3 is 5.11 Å². The van der Waals surface area contributed by atoms with Gasteiger partial charge in [0.05, 0.1) is 0 Å². The molecular weight excluding hydrogens is 261 g/mol. The summed E-state index contributed by atoms with van der Waals surface area (Å²) in [6, 6.07) is 0. The van der Waals surface area contributed by atoms with Crippen molar-refractivity contribution in [1.29, 1.82) is 0 Å². The summed E-state index contributed by atoms with van der Waals surface area (Å²) < 4.78 is 63.5. The number of hydrogen-bond acceptors (Lipinski definition) is 3. The molecule has 1 aliphatic heterocycles. The first-order valence-electron chi connectivity index (χ1n) is 5.16. The Balaban J connectivity index is 2.69. The average molecular weight is 276 g/mol. The Morgan fingerprint density at radius 3 is 2.18 bits per heavy atom. The van der Waals surface area contributed by atoms with Crippen molar-refractivity contribution in [1.82, 2.24) is 9.03 Å². The SMILES string of the molecule is CCNS(=O)(=O)N1CCC(O)(C(F)(F)F)CC1. The van der Waals surface area contributed by atoms with Crippen molar-refractivity contribution in [2.75, 3.05) is 19.6 Å². The zero-order valence-corrected chi connectivity index (χ0v) is 10.1. The van der Waals surface area contributed by atoms with E-state index in [1.54, 1.807) is 6.92 Å². The summed E-state index contributed by atoms with van der Waals surface area (Å²) in [5.74, 6) is 0. The van der Waals surface area contributed by atoms with Gasteiger partial charge in [0.1, 0.15) is 0 Å². The Kier molecular flexibility index (Phi) is 4.07. The van der Waals surface area contributed by atoms with E-state index >= 15 is 0 Å². The summed E-state index contributed by atoms with van der Waals surface area (Å²) in [5, 5.41) is 9.35. The first-order valence-corrected chi connectivity index (χ1v) is 6.60. The molecular formula is C8H15F3N2O3S. The van der Waals surface area contributed by atoms with Crippen LogP contribution in [0.3, 0.4) is 0 Å². The molecule has 2 N–H and O–H groups in total. The van der Waals surface area contributed by atoms with Gasteiger partial charge in [0.25, 0.3) is 10.2 Å². The van der Waals surface area contributed by atoms with Gasteiger partial charge in [-0.15, -0.1) is 0 Å². The largest absolute Gasteiger partial charge is 0.417 e. The molecule has 0 aliphatic carbocycles. The van der Waals surface area contributed by atoms with Crippen LogP contribution >= 0.6 is 0 Å². The summed E-state index contributed by atoms with van der Waals surface area (Å²) in [6.07, 6.45) is -6.00. The third-order valence-corrected chi connectivity index (χ3v) is 4.44. The minimum atomic E-state index is -4.72. The first-order chi connectivity index (χ1) is 7.62. The van der Waals surface area contributed by atoms with Crippen LogP contribution in [0, 0.1) is 0 Å². The van der Waals surface area contributed by atoms with Crippen molar-refractivity contribution >= 4 is 10.2 Å². The van der Waals surface area contributed by atoms with E-state index in [0.29, 0.717) is 0 Å². The molecule has 1 fully saturated rings. The molecule has 0 atom stereocenters. The lowest BCUT2D eigenvalue weighted by Crippen LogP contribution is -2.55. The second-order valence-electron chi connectivity index (χ2n) is 3.93. The summed E-state index contributed by atoms with van der Waals surface area (Å²) in [7, 11) is -3.72. The lowest BCUT2D eigenvalue weighted by Gasteiger charge is -2.38. The Morgan fingerprint density at radius 1 is 1.35 bits per heavy atom. The van der Waals surface area contributed by atoms with Gasteiger partial charge in [-0.1, -0.05) is 6.92 Å². The van der Waals surface area contributed by atoms with Crippen LogP contribution in [-0.4, -0.2) is 49.2 Å². The highest BCUT2D eigenvalue weighted by atomic mass is 32.2. The van der Waals surface area contributed by atoms with Gasteiger partial charge in [0, 0.05) is 19.6 Å². The number of alkyl halides is 3. The second kappa shape index (κ2) is 4.71. The topological polar surface area (TPSA) is 69.6 Å². The number of nitrogens with zero attached hydrogens (tertiary/aromatic N) is 1. The highest BCUT2D eigenvalue weighted by Gasteiger charge is 2.55. The van der Waals surface area contributed by atoms with Gasteiger partial charge in [-0.3, -0.25) is 0 Å². The number of rotatable bonds is 3.